The number of hydrogen-bond acceptors (Lipinski definition) is 2. The van der Waals surface area contributed by atoms with Gasteiger partial charge in [0.05, 0.1) is 25.3 Å². The molecule has 0 unspecified atom stereocenters. The van der Waals surface area contributed by atoms with Crippen LogP contribution in [0.2, 0.25) is 0 Å². The molecule has 0 atom stereocenters. The minimum atomic E-state index is 0.470. The van der Waals surface area contributed by atoms with Crippen molar-refractivity contribution in [3.05, 3.63) is 65.2 Å². The molecule has 0 saturated carbocycles. The average molecular weight is 254 g/mol. The number of nitrogens with zero attached hydrogens (tertiary/aromatic N) is 2. The summed E-state index contributed by atoms with van der Waals surface area (Å²) in [7, 11) is 3.20. The molecule has 96 valence electrons. The summed E-state index contributed by atoms with van der Waals surface area (Å²) in [6, 6.07) is 14.7. The standard InChI is InChI=1S/C15H14N2O2/c1-18-13-7-3-5-11(9-13)15(17-16)12-6-4-8-14(10-12)19-2/h3-10H,1-2H3. The van der Waals surface area contributed by atoms with Crippen molar-refractivity contribution < 1.29 is 14.3 Å². The highest BCUT2D eigenvalue weighted by Crippen LogP contribution is 2.19. The van der Waals surface area contributed by atoms with Gasteiger partial charge in [0, 0.05) is 0 Å². The Bertz CT molecular complexity index is 582. The van der Waals surface area contributed by atoms with Crippen molar-refractivity contribution in [1.82, 2.24) is 0 Å². The molecule has 2 aromatic rings. The highest BCUT2D eigenvalue weighted by Gasteiger charge is 2.16. The fourth-order valence-electron chi connectivity index (χ4n) is 1.82. The Morgan fingerprint density at radius 3 is 1.74 bits per heavy atom. The van der Waals surface area contributed by atoms with E-state index in [1.165, 1.54) is 0 Å². The molecule has 2 aromatic carbocycles. The van der Waals surface area contributed by atoms with Gasteiger partial charge in [-0.25, -0.2) is 0 Å². The molecule has 0 spiro atoms. The maximum absolute atomic E-state index is 9.27. The second-order valence-electron chi connectivity index (χ2n) is 3.91. The van der Waals surface area contributed by atoms with Crippen LogP contribution >= 0.6 is 0 Å². The normalized spacial score (nSPS) is 9.58. The van der Waals surface area contributed by atoms with Gasteiger partial charge in [-0.2, -0.15) is 4.79 Å². The zero-order chi connectivity index (χ0) is 13.7. The van der Waals surface area contributed by atoms with E-state index in [0.717, 1.165) is 11.1 Å². The summed E-state index contributed by atoms with van der Waals surface area (Å²) >= 11 is 0. The lowest BCUT2D eigenvalue weighted by molar-refractivity contribution is -0.00282. The summed E-state index contributed by atoms with van der Waals surface area (Å²) in [6.45, 7) is 0. The molecule has 4 heteroatoms. The predicted molar refractivity (Wildman–Crippen MR) is 72.8 cm³/mol. The first-order valence-electron chi connectivity index (χ1n) is 5.79. The first kappa shape index (κ1) is 12.9. The van der Waals surface area contributed by atoms with Gasteiger partial charge in [-0.3, -0.25) is 0 Å². The fourth-order valence-corrected chi connectivity index (χ4v) is 1.82. The van der Waals surface area contributed by atoms with E-state index in [1.54, 1.807) is 14.2 Å². The zero-order valence-electron chi connectivity index (χ0n) is 10.8. The zero-order valence-corrected chi connectivity index (χ0v) is 10.8. The van der Waals surface area contributed by atoms with Gasteiger partial charge >= 0.3 is 5.71 Å². The molecule has 4 nitrogen and oxygen atoms in total. The van der Waals surface area contributed by atoms with Gasteiger partial charge in [0.15, 0.2) is 0 Å². The number of hydrogen-bond donors (Lipinski definition) is 0. The smallest absolute Gasteiger partial charge is 0.329 e. The molecule has 0 aromatic heterocycles. The first-order chi connectivity index (χ1) is 9.28. The van der Waals surface area contributed by atoms with Crippen LogP contribution in [0, 0.1) is 0 Å². The summed E-state index contributed by atoms with van der Waals surface area (Å²) in [4.78, 5) is 3.38. The number of methoxy groups -OCH3 is 2. The Morgan fingerprint density at radius 1 is 0.895 bits per heavy atom. The number of benzene rings is 2. The summed E-state index contributed by atoms with van der Waals surface area (Å²) in [5.74, 6) is 1.42. The van der Waals surface area contributed by atoms with Crippen LogP contribution in [0.15, 0.2) is 48.5 Å². The molecule has 0 bridgehead atoms. The van der Waals surface area contributed by atoms with E-state index in [9.17, 15) is 5.53 Å². The summed E-state index contributed by atoms with van der Waals surface area (Å²) in [6.07, 6.45) is 0. The minimum absolute atomic E-state index is 0.470. The van der Waals surface area contributed by atoms with Crippen LogP contribution in [-0.4, -0.2) is 24.7 Å². The fraction of sp³-hybridized carbons (Fsp3) is 0.133. The van der Waals surface area contributed by atoms with Crippen molar-refractivity contribution in [1.29, 1.82) is 0 Å². The molecule has 0 aliphatic heterocycles. The Labute approximate surface area is 111 Å². The molecule has 0 fully saturated rings. The van der Waals surface area contributed by atoms with Crippen molar-refractivity contribution in [3.8, 4) is 11.5 Å². The Balaban J connectivity index is 2.47. The Hall–Kier alpha value is -2.58. The second-order valence-corrected chi connectivity index (χ2v) is 3.91. The molecule has 19 heavy (non-hydrogen) atoms. The highest BCUT2D eigenvalue weighted by molar-refractivity contribution is 6.09. The van der Waals surface area contributed by atoms with Crippen LogP contribution in [0.1, 0.15) is 11.1 Å². The molecular formula is C15H14N2O2. The molecule has 0 amide bonds. The summed E-state index contributed by atoms with van der Waals surface area (Å²) in [5, 5.41) is 0. The van der Waals surface area contributed by atoms with Gasteiger partial charge in [-0.15, -0.1) is 0 Å². The van der Waals surface area contributed by atoms with E-state index in [0.29, 0.717) is 17.2 Å². The van der Waals surface area contributed by atoms with Crippen molar-refractivity contribution in [2.45, 2.75) is 0 Å². The molecule has 0 aliphatic rings. The second kappa shape index (κ2) is 5.85. The number of rotatable bonds is 4. The molecule has 0 heterocycles. The monoisotopic (exact) mass is 254 g/mol. The van der Waals surface area contributed by atoms with E-state index in [2.05, 4.69) is 4.79 Å². The molecular weight excluding hydrogens is 240 g/mol. The Kier molecular flexibility index (Phi) is 3.96. The maximum atomic E-state index is 9.27. The largest absolute Gasteiger partial charge is 0.497 e. The van der Waals surface area contributed by atoms with E-state index >= 15 is 0 Å². The van der Waals surface area contributed by atoms with Gasteiger partial charge in [0.25, 0.3) is 0 Å². The lowest BCUT2D eigenvalue weighted by Gasteiger charge is -2.03. The van der Waals surface area contributed by atoms with Gasteiger partial charge in [0.2, 0.25) is 0 Å². The van der Waals surface area contributed by atoms with Gasteiger partial charge in [-0.05, 0) is 36.4 Å². The van der Waals surface area contributed by atoms with Gasteiger partial charge in [-0.1, -0.05) is 12.1 Å². The highest BCUT2D eigenvalue weighted by atomic mass is 16.5. The van der Waals surface area contributed by atoms with Crippen molar-refractivity contribution >= 4 is 5.71 Å². The van der Waals surface area contributed by atoms with E-state index in [4.69, 9.17) is 9.47 Å². The minimum Gasteiger partial charge on any atom is -0.497 e. The SMILES string of the molecule is COc1cccc(C(=[N+]=[N-])c2cccc(OC)c2)c1. The van der Waals surface area contributed by atoms with Crippen molar-refractivity contribution in [2.75, 3.05) is 14.2 Å². The average Bonchev–Trinajstić information content (AvgIpc) is 2.48. The van der Waals surface area contributed by atoms with E-state index in [-0.39, 0.29) is 0 Å². The Morgan fingerprint density at radius 2 is 1.37 bits per heavy atom. The first-order valence-corrected chi connectivity index (χ1v) is 5.79. The van der Waals surface area contributed by atoms with Crippen LogP contribution < -0.4 is 9.47 Å². The van der Waals surface area contributed by atoms with Crippen LogP contribution in [0.25, 0.3) is 5.53 Å². The number of ether oxygens (including phenoxy) is 2. The molecule has 0 saturated heterocycles. The molecule has 0 aliphatic carbocycles. The summed E-state index contributed by atoms with van der Waals surface area (Å²) in [5.41, 5.74) is 11.3. The third-order valence-electron chi connectivity index (χ3n) is 2.79. The van der Waals surface area contributed by atoms with E-state index < -0.39 is 0 Å². The van der Waals surface area contributed by atoms with Crippen molar-refractivity contribution in [3.63, 3.8) is 0 Å². The van der Waals surface area contributed by atoms with Crippen molar-refractivity contribution in [2.24, 2.45) is 0 Å². The lowest BCUT2D eigenvalue weighted by atomic mass is 10.0. The third-order valence-corrected chi connectivity index (χ3v) is 2.79. The predicted octanol–water partition coefficient (Wildman–Crippen LogP) is 2.77. The quantitative estimate of drug-likeness (QED) is 0.478. The van der Waals surface area contributed by atoms with Crippen LogP contribution in [0.5, 0.6) is 11.5 Å². The van der Waals surface area contributed by atoms with Gasteiger partial charge in [0.1, 0.15) is 11.5 Å². The molecule has 0 radical (unpaired) electrons. The van der Waals surface area contributed by atoms with Crippen LogP contribution in [0.4, 0.5) is 0 Å². The third kappa shape index (κ3) is 2.81. The summed E-state index contributed by atoms with van der Waals surface area (Å²) < 4.78 is 10.3. The molecule has 0 N–H and O–H groups in total. The molecule has 2 rings (SSSR count). The lowest BCUT2D eigenvalue weighted by Crippen LogP contribution is -2.05. The van der Waals surface area contributed by atoms with Crippen LogP contribution in [-0.2, 0) is 0 Å². The topological polar surface area (TPSA) is 54.9 Å². The van der Waals surface area contributed by atoms with Crippen LogP contribution in [0.3, 0.4) is 0 Å². The maximum Gasteiger partial charge on any atom is 0.329 e. The van der Waals surface area contributed by atoms with E-state index in [1.807, 2.05) is 48.5 Å². The van der Waals surface area contributed by atoms with Gasteiger partial charge < -0.3 is 15.0 Å².